The van der Waals surface area contributed by atoms with Crippen molar-refractivity contribution in [1.82, 2.24) is 0 Å². The highest BCUT2D eigenvalue weighted by Gasteiger charge is 2.32. The zero-order chi connectivity index (χ0) is 21.0. The van der Waals surface area contributed by atoms with Crippen molar-refractivity contribution in [2.24, 2.45) is 0 Å². The molecule has 3 rings (SSSR count). The van der Waals surface area contributed by atoms with Crippen LogP contribution >= 0.6 is 11.6 Å². The van der Waals surface area contributed by atoms with Gasteiger partial charge in [-0.3, -0.25) is 0 Å². The van der Waals surface area contributed by atoms with Gasteiger partial charge in [0.1, 0.15) is 17.0 Å². The van der Waals surface area contributed by atoms with Gasteiger partial charge in [-0.25, -0.2) is 13.2 Å². The molecule has 1 nitrogen and oxygen atoms in total. The number of ether oxygens (including phenoxy) is 1. The third-order valence-corrected chi connectivity index (χ3v) is 8.08. The zero-order valence-corrected chi connectivity index (χ0v) is 17.8. The van der Waals surface area contributed by atoms with E-state index in [2.05, 4.69) is 0 Å². The number of allylic oxidation sites excluding steroid dienone is 1. The molecule has 0 unspecified atom stereocenters. The maximum absolute atomic E-state index is 15.0. The molecule has 0 aliphatic rings. The van der Waals surface area contributed by atoms with Crippen LogP contribution in [0.15, 0.2) is 84.1 Å². The zero-order valence-electron chi connectivity index (χ0n) is 16.1. The van der Waals surface area contributed by atoms with Crippen LogP contribution in [0.5, 0.6) is 11.5 Å². The highest BCUT2D eigenvalue weighted by molar-refractivity contribution is 6.95. The maximum atomic E-state index is 15.0. The number of hydrogen-bond acceptors (Lipinski definition) is 1. The number of benzene rings is 3. The van der Waals surface area contributed by atoms with Crippen LogP contribution in [0.1, 0.15) is 5.56 Å². The number of para-hydroxylation sites is 1. The minimum atomic E-state index is -2.83. The summed E-state index contributed by atoms with van der Waals surface area (Å²) in [5.41, 5.74) is -0.319. The van der Waals surface area contributed by atoms with Gasteiger partial charge in [0.05, 0.1) is 0 Å². The van der Waals surface area contributed by atoms with Crippen LogP contribution in [0, 0.1) is 5.82 Å². The Balaban J connectivity index is 1.84. The number of rotatable bonds is 6. The normalized spacial score (nSPS) is 12.5. The molecule has 150 valence electrons. The van der Waals surface area contributed by atoms with Crippen LogP contribution in [0.2, 0.25) is 18.1 Å². The number of halogens is 4. The summed E-state index contributed by atoms with van der Waals surface area (Å²) in [6.45, 7) is 3.47. The van der Waals surface area contributed by atoms with Crippen molar-refractivity contribution < 1.29 is 17.9 Å². The fourth-order valence-corrected chi connectivity index (χ4v) is 5.09. The summed E-state index contributed by atoms with van der Waals surface area (Å²) in [6.07, 6.45) is -0.277. The van der Waals surface area contributed by atoms with Gasteiger partial charge in [-0.2, -0.15) is 0 Å². The average molecular weight is 433 g/mol. The standard InChI is InChI=1S/C23H20ClF3OSi/c1-29(2,19-11-9-17(24)10-12-19)23(27)21(26)14-16-8-13-20(25)22(15-16)28-18-6-4-3-5-7-18/h3-13,15H,14H2,1-2H3/b23-21+. The Morgan fingerprint density at radius 1 is 0.931 bits per heavy atom. The molecule has 0 aliphatic carbocycles. The van der Waals surface area contributed by atoms with E-state index in [-0.39, 0.29) is 12.2 Å². The van der Waals surface area contributed by atoms with Gasteiger partial charge in [0.15, 0.2) is 19.6 Å². The number of hydrogen-bond donors (Lipinski definition) is 0. The lowest BCUT2D eigenvalue weighted by atomic mass is 10.1. The van der Waals surface area contributed by atoms with Crippen molar-refractivity contribution >= 4 is 24.9 Å². The van der Waals surface area contributed by atoms with Crippen molar-refractivity contribution in [3.05, 3.63) is 100 Å². The van der Waals surface area contributed by atoms with E-state index < -0.39 is 25.2 Å². The van der Waals surface area contributed by atoms with E-state index in [9.17, 15) is 8.78 Å². The molecule has 3 aromatic rings. The summed E-state index contributed by atoms with van der Waals surface area (Å²) in [5.74, 6) is -0.995. The highest BCUT2D eigenvalue weighted by atomic mass is 35.5. The predicted octanol–water partition coefficient (Wildman–Crippen LogP) is 7.12. The molecule has 0 N–H and O–H groups in total. The lowest BCUT2D eigenvalue weighted by molar-refractivity contribution is 0.441. The molecule has 0 fully saturated rings. The van der Waals surface area contributed by atoms with E-state index >= 15 is 4.39 Å². The molecule has 0 aromatic heterocycles. The molecule has 0 atom stereocenters. The van der Waals surface area contributed by atoms with E-state index in [4.69, 9.17) is 16.3 Å². The topological polar surface area (TPSA) is 9.23 Å². The Morgan fingerprint density at radius 3 is 2.24 bits per heavy atom. The van der Waals surface area contributed by atoms with Gasteiger partial charge < -0.3 is 4.74 Å². The smallest absolute Gasteiger partial charge is 0.165 e. The van der Waals surface area contributed by atoms with Crippen molar-refractivity contribution in [2.75, 3.05) is 0 Å². The van der Waals surface area contributed by atoms with E-state index in [1.54, 1.807) is 61.6 Å². The minimum Gasteiger partial charge on any atom is -0.454 e. The minimum absolute atomic E-state index is 0.0314. The molecule has 29 heavy (non-hydrogen) atoms. The summed E-state index contributed by atoms with van der Waals surface area (Å²) in [4.78, 5) is 0. The van der Waals surface area contributed by atoms with E-state index in [1.165, 1.54) is 18.2 Å². The van der Waals surface area contributed by atoms with Gasteiger partial charge in [0, 0.05) is 11.4 Å². The molecule has 0 spiro atoms. The Kier molecular flexibility index (Phi) is 6.50. The average Bonchev–Trinajstić information content (AvgIpc) is 2.71. The molecule has 3 aromatic carbocycles. The molecule has 0 heterocycles. The Labute approximate surface area is 174 Å². The molecule has 0 bridgehead atoms. The van der Waals surface area contributed by atoms with Crippen LogP contribution in [-0.2, 0) is 6.42 Å². The molecular formula is C23H20ClF3OSi. The Bertz CT molecular complexity index is 1020. The van der Waals surface area contributed by atoms with Gasteiger partial charge in [-0.1, -0.05) is 66.3 Å². The van der Waals surface area contributed by atoms with E-state index in [0.717, 1.165) is 5.19 Å². The second kappa shape index (κ2) is 8.89. The molecule has 0 saturated heterocycles. The van der Waals surface area contributed by atoms with Gasteiger partial charge in [-0.05, 0) is 42.0 Å². The second-order valence-electron chi connectivity index (χ2n) is 7.21. The summed E-state index contributed by atoms with van der Waals surface area (Å²) in [5, 5.41) is 1.28. The van der Waals surface area contributed by atoms with E-state index in [0.29, 0.717) is 16.3 Å². The molecule has 0 amide bonds. The molecule has 0 radical (unpaired) electrons. The van der Waals surface area contributed by atoms with Gasteiger partial charge >= 0.3 is 0 Å². The first kappa shape index (κ1) is 21.2. The van der Waals surface area contributed by atoms with Crippen molar-refractivity contribution in [3.63, 3.8) is 0 Å². The summed E-state index contributed by atoms with van der Waals surface area (Å²) in [7, 11) is -2.83. The van der Waals surface area contributed by atoms with Gasteiger partial charge in [0.2, 0.25) is 0 Å². The van der Waals surface area contributed by atoms with Crippen LogP contribution in [0.25, 0.3) is 0 Å². The Hall–Kier alpha value is -2.50. The van der Waals surface area contributed by atoms with Crippen LogP contribution in [-0.4, -0.2) is 8.07 Å². The van der Waals surface area contributed by atoms with Crippen LogP contribution in [0.4, 0.5) is 13.2 Å². The first-order chi connectivity index (χ1) is 13.8. The first-order valence-electron chi connectivity index (χ1n) is 9.09. The third kappa shape index (κ3) is 5.11. The second-order valence-corrected chi connectivity index (χ2v) is 11.9. The van der Waals surface area contributed by atoms with Gasteiger partial charge in [0.25, 0.3) is 0 Å². The van der Waals surface area contributed by atoms with Crippen LogP contribution in [0.3, 0.4) is 0 Å². The van der Waals surface area contributed by atoms with Crippen molar-refractivity contribution in [1.29, 1.82) is 0 Å². The van der Waals surface area contributed by atoms with Crippen molar-refractivity contribution in [3.8, 4) is 11.5 Å². The molecule has 0 saturated carbocycles. The third-order valence-electron chi connectivity index (χ3n) is 4.68. The fourth-order valence-electron chi connectivity index (χ4n) is 2.94. The SMILES string of the molecule is C[Si](C)(/C(F)=C(/F)Cc1ccc(F)c(Oc2ccccc2)c1)c1ccc(Cl)cc1. The highest BCUT2D eigenvalue weighted by Crippen LogP contribution is 2.29. The monoisotopic (exact) mass is 432 g/mol. The Morgan fingerprint density at radius 2 is 1.59 bits per heavy atom. The quantitative estimate of drug-likeness (QED) is 0.377. The fraction of sp³-hybridized carbons (Fsp3) is 0.130. The summed E-state index contributed by atoms with van der Waals surface area (Å²) < 4.78 is 49.4. The van der Waals surface area contributed by atoms with Crippen molar-refractivity contribution in [2.45, 2.75) is 19.5 Å². The molecule has 6 heteroatoms. The van der Waals surface area contributed by atoms with E-state index in [1.807, 2.05) is 6.07 Å². The summed E-state index contributed by atoms with van der Waals surface area (Å²) >= 11 is 5.89. The first-order valence-corrected chi connectivity index (χ1v) is 12.5. The lowest BCUT2D eigenvalue weighted by Gasteiger charge is -2.21. The molecule has 0 aliphatic heterocycles. The van der Waals surface area contributed by atoms with Crippen LogP contribution < -0.4 is 9.92 Å². The lowest BCUT2D eigenvalue weighted by Crippen LogP contribution is -2.43. The van der Waals surface area contributed by atoms with Gasteiger partial charge in [-0.15, -0.1) is 0 Å². The predicted molar refractivity (Wildman–Crippen MR) is 114 cm³/mol. The maximum Gasteiger partial charge on any atom is 0.165 e. The summed E-state index contributed by atoms with van der Waals surface area (Å²) in [6, 6.07) is 19.5. The molecular weight excluding hydrogens is 413 g/mol. The largest absolute Gasteiger partial charge is 0.454 e.